The summed E-state index contributed by atoms with van der Waals surface area (Å²) in [6.07, 6.45) is 6.76. The van der Waals surface area contributed by atoms with Gasteiger partial charge in [-0.3, -0.25) is 9.69 Å². The minimum Gasteiger partial charge on any atom is -0.387 e. The first-order chi connectivity index (χ1) is 18.7. The summed E-state index contributed by atoms with van der Waals surface area (Å²) >= 11 is 1.31. The van der Waals surface area contributed by atoms with Gasteiger partial charge in [0.15, 0.2) is 0 Å². The molecule has 0 saturated carbocycles. The number of aliphatic hydroxyl groups excluding tert-OH is 3. The van der Waals surface area contributed by atoms with Crippen LogP contribution >= 0.6 is 11.8 Å². The molecule has 8 heteroatoms. The molecule has 1 saturated heterocycles. The van der Waals surface area contributed by atoms with E-state index < -0.39 is 29.9 Å². The number of nitrogens with zero attached hydrogens (tertiary/aromatic N) is 1. The summed E-state index contributed by atoms with van der Waals surface area (Å²) < 4.78 is 5.95. The van der Waals surface area contributed by atoms with Crippen molar-refractivity contribution in [2.75, 3.05) is 32.9 Å². The van der Waals surface area contributed by atoms with Crippen LogP contribution in [0.1, 0.15) is 53.2 Å². The normalized spacial score (nSPS) is 23.0. The summed E-state index contributed by atoms with van der Waals surface area (Å²) in [7, 11) is 1.94. The molecule has 1 aliphatic rings. The number of rotatable bonds is 13. The SMILES string of the molecule is C#CCN(C)CCNC(=O)CCCCc1ccc(Cc2cc([C@@H]3O[C@H](SC)[C@@H](O)[C@H](O)[C@H]3O)ccc2C)cc1. The highest BCUT2D eigenvalue weighted by atomic mass is 32.2. The number of carbonyl (C=O) groups excluding carboxylic acids is 1. The molecule has 0 radical (unpaired) electrons. The second kappa shape index (κ2) is 15.4. The average Bonchev–Trinajstić information content (AvgIpc) is 2.92. The molecule has 0 aromatic heterocycles. The molecule has 2 aromatic carbocycles. The number of likely N-dealkylation sites (N-methyl/N-ethyl adjacent to an activating group) is 1. The fourth-order valence-electron chi connectivity index (χ4n) is 4.74. The molecule has 0 bridgehead atoms. The number of amides is 1. The minimum absolute atomic E-state index is 0.0814. The van der Waals surface area contributed by atoms with Crippen molar-refractivity contribution >= 4 is 17.7 Å². The maximum atomic E-state index is 12.0. The molecule has 1 fully saturated rings. The van der Waals surface area contributed by atoms with E-state index >= 15 is 0 Å². The third-order valence-electron chi connectivity index (χ3n) is 7.22. The average molecular weight is 555 g/mol. The maximum absolute atomic E-state index is 12.0. The van der Waals surface area contributed by atoms with E-state index in [1.165, 1.54) is 22.9 Å². The molecule has 0 unspecified atom stereocenters. The molecule has 4 N–H and O–H groups in total. The lowest BCUT2D eigenvalue weighted by Gasteiger charge is -2.40. The van der Waals surface area contributed by atoms with E-state index in [2.05, 4.69) is 42.4 Å². The fourth-order valence-corrected chi connectivity index (χ4v) is 5.42. The number of aliphatic hydroxyl groups is 3. The van der Waals surface area contributed by atoms with E-state index in [1.54, 1.807) is 6.26 Å². The predicted octanol–water partition coefficient (Wildman–Crippen LogP) is 2.82. The number of unbranched alkanes of at least 4 members (excludes halogenated alkanes) is 1. The van der Waals surface area contributed by atoms with E-state index in [0.717, 1.165) is 48.9 Å². The van der Waals surface area contributed by atoms with Gasteiger partial charge in [-0.2, -0.15) is 0 Å². The summed E-state index contributed by atoms with van der Waals surface area (Å²) in [4.78, 5) is 14.0. The van der Waals surface area contributed by atoms with Crippen LogP contribution in [0.5, 0.6) is 0 Å². The number of ether oxygens (including phenoxy) is 1. The van der Waals surface area contributed by atoms with E-state index in [9.17, 15) is 20.1 Å². The Balaban J connectivity index is 1.49. The Bertz CT molecular complexity index is 1100. The number of thioether (sulfide) groups is 1. The zero-order valence-electron chi connectivity index (χ0n) is 23.2. The van der Waals surface area contributed by atoms with Gasteiger partial charge in [0.25, 0.3) is 0 Å². The third-order valence-corrected chi connectivity index (χ3v) is 8.07. The smallest absolute Gasteiger partial charge is 0.220 e. The molecule has 1 heterocycles. The van der Waals surface area contributed by atoms with E-state index in [4.69, 9.17) is 11.2 Å². The largest absolute Gasteiger partial charge is 0.387 e. The lowest BCUT2D eigenvalue weighted by Crippen LogP contribution is -2.52. The first-order valence-corrected chi connectivity index (χ1v) is 14.8. The quantitative estimate of drug-likeness (QED) is 0.223. The Labute approximate surface area is 237 Å². The summed E-state index contributed by atoms with van der Waals surface area (Å²) in [6.45, 7) is 3.99. The van der Waals surface area contributed by atoms with Gasteiger partial charge in [-0.25, -0.2) is 0 Å². The number of aryl methyl sites for hydroxylation is 2. The fraction of sp³-hybridized carbons (Fsp3) is 0.516. The Kier molecular flexibility index (Phi) is 12.3. The van der Waals surface area contributed by atoms with Crippen molar-refractivity contribution in [1.29, 1.82) is 0 Å². The standard InChI is InChI=1S/C31H42N2O5S/c1-5-17-33(3)18-16-32-26(34)9-7-6-8-22-11-13-23(14-12-22)19-25-20-24(15-10-21(25)2)30-28(36)27(35)29(37)31(38-30)39-4/h1,10-15,20,27-31,35-37H,6-9,16-19H2,2-4H3,(H,32,34)/t27-,28-,29+,30+,31-/m1/s1. The summed E-state index contributed by atoms with van der Waals surface area (Å²) in [5, 5.41) is 34.0. The van der Waals surface area contributed by atoms with Gasteiger partial charge in [-0.05, 0) is 73.7 Å². The monoisotopic (exact) mass is 554 g/mol. The first kappa shape index (κ1) is 31.2. The number of hydrogen-bond acceptors (Lipinski definition) is 7. The Morgan fingerprint density at radius 1 is 1.08 bits per heavy atom. The van der Waals surface area contributed by atoms with Crippen molar-refractivity contribution in [1.82, 2.24) is 10.2 Å². The van der Waals surface area contributed by atoms with Gasteiger partial charge in [0.2, 0.25) is 5.91 Å². The number of nitrogens with one attached hydrogen (secondary N) is 1. The zero-order valence-corrected chi connectivity index (χ0v) is 24.0. The Hall–Kier alpha value is -2.38. The molecule has 7 nitrogen and oxygen atoms in total. The maximum Gasteiger partial charge on any atom is 0.220 e. The van der Waals surface area contributed by atoms with Crippen LogP contribution in [0.4, 0.5) is 0 Å². The van der Waals surface area contributed by atoms with Crippen LogP contribution in [0.25, 0.3) is 0 Å². The summed E-state index contributed by atoms with van der Waals surface area (Å²) in [6, 6.07) is 14.5. The topological polar surface area (TPSA) is 102 Å². The number of benzene rings is 2. The molecule has 2 aromatic rings. The predicted molar refractivity (Wildman–Crippen MR) is 156 cm³/mol. The third kappa shape index (κ3) is 9.07. The van der Waals surface area contributed by atoms with Crippen LogP contribution in [0.2, 0.25) is 0 Å². The van der Waals surface area contributed by atoms with Crippen molar-refractivity contribution < 1.29 is 24.9 Å². The summed E-state index contributed by atoms with van der Waals surface area (Å²) in [5.74, 6) is 2.67. The van der Waals surface area contributed by atoms with E-state index in [0.29, 0.717) is 19.5 Å². The van der Waals surface area contributed by atoms with Crippen molar-refractivity contribution in [3.8, 4) is 12.3 Å². The molecule has 1 amide bonds. The zero-order chi connectivity index (χ0) is 28.4. The molecule has 0 aliphatic carbocycles. The minimum atomic E-state index is -1.26. The van der Waals surface area contributed by atoms with Crippen LogP contribution in [-0.4, -0.2) is 82.8 Å². The highest BCUT2D eigenvalue weighted by molar-refractivity contribution is 7.99. The molecule has 0 spiro atoms. The number of hydrogen-bond donors (Lipinski definition) is 4. The van der Waals surface area contributed by atoms with Gasteiger partial charge < -0.3 is 25.4 Å². The number of terminal acetylenes is 1. The molecule has 5 atom stereocenters. The van der Waals surface area contributed by atoms with Crippen LogP contribution in [-0.2, 0) is 22.4 Å². The Morgan fingerprint density at radius 3 is 2.49 bits per heavy atom. The summed E-state index contributed by atoms with van der Waals surface area (Å²) in [5.41, 5.74) is 4.86. The first-order valence-electron chi connectivity index (χ1n) is 13.5. The van der Waals surface area contributed by atoms with Gasteiger partial charge in [0.05, 0.1) is 6.54 Å². The van der Waals surface area contributed by atoms with Gasteiger partial charge in [0.1, 0.15) is 29.9 Å². The van der Waals surface area contributed by atoms with Gasteiger partial charge in [0, 0.05) is 19.5 Å². The van der Waals surface area contributed by atoms with Gasteiger partial charge in [-0.15, -0.1) is 18.2 Å². The molecular formula is C31H42N2O5S. The van der Waals surface area contributed by atoms with Crippen LogP contribution in [0, 0.1) is 19.3 Å². The highest BCUT2D eigenvalue weighted by Gasteiger charge is 2.44. The van der Waals surface area contributed by atoms with Crippen molar-refractivity contribution in [3.63, 3.8) is 0 Å². The highest BCUT2D eigenvalue weighted by Crippen LogP contribution is 2.36. The van der Waals surface area contributed by atoms with E-state index in [-0.39, 0.29) is 5.91 Å². The van der Waals surface area contributed by atoms with Crippen LogP contribution < -0.4 is 5.32 Å². The molecular weight excluding hydrogens is 512 g/mol. The van der Waals surface area contributed by atoms with E-state index in [1.807, 2.05) is 30.1 Å². The second-order valence-corrected chi connectivity index (χ2v) is 11.2. The van der Waals surface area contributed by atoms with Crippen molar-refractivity contribution in [2.45, 2.75) is 68.9 Å². The number of carbonyl (C=O) groups is 1. The van der Waals surface area contributed by atoms with Crippen LogP contribution in [0.3, 0.4) is 0 Å². The molecule has 3 rings (SSSR count). The lowest BCUT2D eigenvalue weighted by molar-refractivity contribution is -0.200. The van der Waals surface area contributed by atoms with Gasteiger partial charge in [-0.1, -0.05) is 48.4 Å². The second-order valence-electron chi connectivity index (χ2n) is 10.3. The van der Waals surface area contributed by atoms with Gasteiger partial charge >= 0.3 is 0 Å². The lowest BCUT2D eigenvalue weighted by atomic mass is 9.91. The van der Waals surface area contributed by atoms with Crippen molar-refractivity contribution in [3.05, 3.63) is 70.3 Å². The Morgan fingerprint density at radius 2 is 1.79 bits per heavy atom. The molecule has 212 valence electrons. The molecule has 1 aliphatic heterocycles. The van der Waals surface area contributed by atoms with Crippen LogP contribution in [0.15, 0.2) is 42.5 Å². The molecule has 39 heavy (non-hydrogen) atoms. The van der Waals surface area contributed by atoms with Crippen molar-refractivity contribution in [2.24, 2.45) is 0 Å².